The van der Waals surface area contributed by atoms with E-state index in [-0.39, 0.29) is 11.9 Å². The summed E-state index contributed by atoms with van der Waals surface area (Å²) in [7, 11) is 1.62. The molecule has 0 radical (unpaired) electrons. The molecule has 3 rings (SSSR count). The van der Waals surface area contributed by atoms with E-state index in [0.717, 1.165) is 36.0 Å². The Kier molecular flexibility index (Phi) is 4.79. The van der Waals surface area contributed by atoms with E-state index in [9.17, 15) is 4.79 Å². The predicted octanol–water partition coefficient (Wildman–Crippen LogP) is 2.73. The van der Waals surface area contributed by atoms with Crippen LogP contribution < -0.4 is 10.1 Å². The van der Waals surface area contributed by atoms with Gasteiger partial charge in [-0.15, -0.1) is 6.42 Å². The Balaban J connectivity index is 1.78. The summed E-state index contributed by atoms with van der Waals surface area (Å²) in [5.41, 5.74) is 0.777. The third kappa shape index (κ3) is 3.31. The molecule has 1 N–H and O–H groups in total. The third-order valence-electron chi connectivity index (χ3n) is 4.04. The number of para-hydroxylation sites is 1. The van der Waals surface area contributed by atoms with Crippen LogP contribution >= 0.6 is 11.3 Å². The number of carbonyl (C=O) groups excluding carboxylic acids is 1. The van der Waals surface area contributed by atoms with Crippen LogP contribution in [0.5, 0.6) is 5.75 Å². The first-order valence-corrected chi connectivity index (χ1v) is 8.46. The van der Waals surface area contributed by atoms with Gasteiger partial charge in [0, 0.05) is 0 Å². The van der Waals surface area contributed by atoms with Gasteiger partial charge in [0.05, 0.1) is 24.4 Å². The van der Waals surface area contributed by atoms with Gasteiger partial charge in [-0.25, -0.2) is 4.98 Å². The number of nitrogens with zero attached hydrogens (tertiary/aromatic N) is 2. The first-order valence-electron chi connectivity index (χ1n) is 7.65. The van der Waals surface area contributed by atoms with Crippen molar-refractivity contribution in [1.29, 1.82) is 0 Å². The SMILES string of the molecule is C#CCN1CCCCC1C(=O)Nc1nc2c(OC)cccc2s1. The van der Waals surface area contributed by atoms with Crippen molar-refractivity contribution >= 4 is 32.6 Å². The summed E-state index contributed by atoms with van der Waals surface area (Å²) in [5.74, 6) is 3.32. The van der Waals surface area contributed by atoms with Gasteiger partial charge >= 0.3 is 0 Å². The summed E-state index contributed by atoms with van der Waals surface area (Å²) in [6.07, 6.45) is 8.38. The smallest absolute Gasteiger partial charge is 0.243 e. The molecule has 2 heterocycles. The Hall–Kier alpha value is -2.10. The average molecular weight is 329 g/mol. The maximum absolute atomic E-state index is 12.6. The lowest BCUT2D eigenvalue weighted by molar-refractivity contribution is -0.122. The fourth-order valence-electron chi connectivity index (χ4n) is 2.92. The van der Waals surface area contributed by atoms with Gasteiger partial charge in [0.2, 0.25) is 5.91 Å². The Morgan fingerprint density at radius 3 is 3.22 bits per heavy atom. The van der Waals surface area contributed by atoms with Crippen molar-refractivity contribution < 1.29 is 9.53 Å². The molecule has 5 nitrogen and oxygen atoms in total. The molecule has 1 aliphatic rings. The second-order valence-corrected chi connectivity index (χ2v) is 6.53. The molecular weight excluding hydrogens is 310 g/mol. The summed E-state index contributed by atoms with van der Waals surface area (Å²) in [6, 6.07) is 5.58. The van der Waals surface area contributed by atoms with Gasteiger partial charge in [-0.3, -0.25) is 9.69 Å². The van der Waals surface area contributed by atoms with Crippen molar-refractivity contribution in [2.75, 3.05) is 25.5 Å². The van der Waals surface area contributed by atoms with Crippen molar-refractivity contribution in [3.63, 3.8) is 0 Å². The molecule has 1 amide bonds. The van der Waals surface area contributed by atoms with Gasteiger partial charge in [0.1, 0.15) is 11.3 Å². The van der Waals surface area contributed by atoms with E-state index in [2.05, 4.69) is 21.1 Å². The van der Waals surface area contributed by atoms with Crippen molar-refractivity contribution in [2.45, 2.75) is 25.3 Å². The van der Waals surface area contributed by atoms with Crippen LogP contribution in [-0.2, 0) is 4.79 Å². The number of piperidine rings is 1. The zero-order valence-corrected chi connectivity index (χ0v) is 13.9. The molecule has 6 heteroatoms. The van der Waals surface area contributed by atoms with Crippen LogP contribution in [0.25, 0.3) is 10.2 Å². The molecule has 1 unspecified atom stereocenters. The number of rotatable bonds is 4. The minimum absolute atomic E-state index is 0.0297. The van der Waals surface area contributed by atoms with Crippen molar-refractivity contribution in [1.82, 2.24) is 9.88 Å². The molecule has 0 bridgehead atoms. The van der Waals surface area contributed by atoms with E-state index in [1.54, 1.807) is 7.11 Å². The molecule has 1 aromatic heterocycles. The molecule has 1 aliphatic heterocycles. The Morgan fingerprint density at radius 2 is 2.43 bits per heavy atom. The highest BCUT2D eigenvalue weighted by molar-refractivity contribution is 7.22. The van der Waals surface area contributed by atoms with Crippen LogP contribution in [0.4, 0.5) is 5.13 Å². The summed E-state index contributed by atoms with van der Waals surface area (Å²) in [6.45, 7) is 1.38. The van der Waals surface area contributed by atoms with Crippen LogP contribution in [0.15, 0.2) is 18.2 Å². The quantitative estimate of drug-likeness (QED) is 0.877. The summed E-state index contributed by atoms with van der Waals surface area (Å²) in [5, 5.41) is 3.54. The molecule has 23 heavy (non-hydrogen) atoms. The molecule has 1 aromatic carbocycles. The maximum Gasteiger partial charge on any atom is 0.243 e. The number of anilines is 1. The van der Waals surface area contributed by atoms with E-state index < -0.39 is 0 Å². The van der Waals surface area contributed by atoms with E-state index in [4.69, 9.17) is 11.2 Å². The number of terminal acetylenes is 1. The van der Waals surface area contributed by atoms with Crippen LogP contribution in [0.3, 0.4) is 0 Å². The Labute approximate surface area is 139 Å². The summed E-state index contributed by atoms with van der Waals surface area (Å²) < 4.78 is 6.30. The minimum atomic E-state index is -0.172. The van der Waals surface area contributed by atoms with Gasteiger partial charge < -0.3 is 10.1 Å². The number of amides is 1. The molecule has 0 saturated carbocycles. The number of likely N-dealkylation sites (tertiary alicyclic amines) is 1. The molecule has 2 aromatic rings. The molecule has 0 aliphatic carbocycles. The van der Waals surface area contributed by atoms with Crippen molar-refractivity contribution in [2.24, 2.45) is 0 Å². The van der Waals surface area contributed by atoms with Crippen LogP contribution in [0.2, 0.25) is 0 Å². The number of hydrogen-bond acceptors (Lipinski definition) is 5. The topological polar surface area (TPSA) is 54.5 Å². The summed E-state index contributed by atoms with van der Waals surface area (Å²) >= 11 is 1.45. The number of ether oxygens (including phenoxy) is 1. The summed E-state index contributed by atoms with van der Waals surface area (Å²) in [4.78, 5) is 19.2. The van der Waals surface area contributed by atoms with Gasteiger partial charge in [-0.2, -0.15) is 0 Å². The van der Waals surface area contributed by atoms with E-state index >= 15 is 0 Å². The largest absolute Gasteiger partial charge is 0.494 e. The number of aromatic nitrogens is 1. The minimum Gasteiger partial charge on any atom is -0.494 e. The molecule has 0 spiro atoms. The standard InChI is InChI=1S/C17H19N3O2S/c1-3-10-20-11-5-4-7-12(20)16(21)19-17-18-15-13(22-2)8-6-9-14(15)23-17/h1,6,8-9,12H,4-5,7,10-11H2,2H3,(H,18,19,21). The second-order valence-electron chi connectivity index (χ2n) is 5.50. The average Bonchev–Trinajstić information content (AvgIpc) is 2.97. The first kappa shape index (κ1) is 15.8. The highest BCUT2D eigenvalue weighted by Gasteiger charge is 2.28. The lowest BCUT2D eigenvalue weighted by Gasteiger charge is -2.32. The van der Waals surface area contributed by atoms with Gasteiger partial charge in [-0.1, -0.05) is 29.7 Å². The number of methoxy groups -OCH3 is 1. The highest BCUT2D eigenvalue weighted by atomic mass is 32.1. The van der Waals surface area contributed by atoms with Gasteiger partial charge in [-0.05, 0) is 31.5 Å². The predicted molar refractivity (Wildman–Crippen MR) is 92.8 cm³/mol. The van der Waals surface area contributed by atoms with Gasteiger partial charge in [0.15, 0.2) is 5.13 Å². The van der Waals surface area contributed by atoms with Crippen LogP contribution in [0.1, 0.15) is 19.3 Å². The number of hydrogen-bond donors (Lipinski definition) is 1. The van der Waals surface area contributed by atoms with Crippen LogP contribution in [-0.4, -0.2) is 42.0 Å². The fraction of sp³-hybridized carbons (Fsp3) is 0.412. The molecule has 120 valence electrons. The second kappa shape index (κ2) is 6.99. The monoisotopic (exact) mass is 329 g/mol. The van der Waals surface area contributed by atoms with E-state index in [1.165, 1.54) is 11.3 Å². The number of fused-ring (bicyclic) bond motifs is 1. The number of thiazole rings is 1. The van der Waals surface area contributed by atoms with Crippen molar-refractivity contribution in [3.05, 3.63) is 18.2 Å². The third-order valence-corrected chi connectivity index (χ3v) is 4.98. The number of carbonyl (C=O) groups is 1. The van der Waals surface area contributed by atoms with Crippen molar-refractivity contribution in [3.8, 4) is 18.1 Å². The lowest BCUT2D eigenvalue weighted by atomic mass is 10.0. The van der Waals surface area contributed by atoms with Crippen LogP contribution in [0, 0.1) is 12.3 Å². The number of benzene rings is 1. The normalized spacial score (nSPS) is 18.5. The highest BCUT2D eigenvalue weighted by Crippen LogP contribution is 2.32. The zero-order valence-electron chi connectivity index (χ0n) is 13.0. The molecular formula is C17H19N3O2S. The first-order chi connectivity index (χ1) is 11.2. The lowest BCUT2D eigenvalue weighted by Crippen LogP contribution is -2.47. The van der Waals surface area contributed by atoms with Gasteiger partial charge in [0.25, 0.3) is 0 Å². The van der Waals surface area contributed by atoms with E-state index in [1.807, 2.05) is 18.2 Å². The number of nitrogens with one attached hydrogen (secondary N) is 1. The molecule has 1 fully saturated rings. The fourth-order valence-corrected chi connectivity index (χ4v) is 3.81. The molecule has 1 saturated heterocycles. The van der Waals surface area contributed by atoms with E-state index in [0.29, 0.717) is 17.4 Å². The Morgan fingerprint density at radius 1 is 1.57 bits per heavy atom. The molecule has 1 atom stereocenters. The maximum atomic E-state index is 12.6. The Bertz CT molecular complexity index is 750. The zero-order chi connectivity index (χ0) is 16.2.